The molecule has 12 heteroatoms. The highest BCUT2D eigenvalue weighted by atomic mass is 127. The molecule has 2 rings (SSSR count). The van der Waals surface area contributed by atoms with Crippen molar-refractivity contribution in [3.05, 3.63) is 56.4 Å². The molecule has 2 aromatic carbocycles. The first-order valence-corrected chi connectivity index (χ1v) is 11.1. The van der Waals surface area contributed by atoms with Crippen molar-refractivity contribution in [2.75, 3.05) is 32.2 Å². The van der Waals surface area contributed by atoms with Crippen LogP contribution in [0.25, 0.3) is 0 Å². The zero-order valence-electron chi connectivity index (χ0n) is 18.8. The van der Waals surface area contributed by atoms with Crippen LogP contribution in [0.3, 0.4) is 0 Å². The molecule has 0 saturated carbocycles. The molecule has 1 amide bonds. The van der Waals surface area contributed by atoms with Crippen LogP contribution in [-0.4, -0.2) is 49.8 Å². The number of hydrogen-bond acceptors (Lipinski definition) is 7. The molecule has 0 aliphatic heterocycles. The highest BCUT2D eigenvalue weighted by molar-refractivity contribution is 14.1. The lowest BCUT2D eigenvalue weighted by Crippen LogP contribution is -2.26. The molecule has 0 saturated heterocycles. The fraction of sp³-hybridized carbons (Fsp3) is 0.364. The molecule has 0 heterocycles. The molecule has 0 radical (unpaired) electrons. The van der Waals surface area contributed by atoms with Gasteiger partial charge < -0.3 is 20.0 Å². The average Bonchev–Trinajstić information content (AvgIpc) is 2.79. The maximum atomic E-state index is 15.0. The second kappa shape index (κ2) is 12.9. The summed E-state index contributed by atoms with van der Waals surface area (Å²) in [6, 6.07) is 5.07. The van der Waals surface area contributed by atoms with E-state index in [4.69, 9.17) is 19.5 Å². The third-order valence-corrected chi connectivity index (χ3v) is 5.31. The minimum atomic E-state index is -1.44. The Hall–Kier alpha value is -2.42. The molecule has 34 heavy (non-hydrogen) atoms. The highest BCUT2D eigenvalue weighted by Gasteiger charge is 2.23. The predicted molar refractivity (Wildman–Crippen MR) is 129 cm³/mol. The number of ether oxygens (including phenoxy) is 1. The quantitative estimate of drug-likeness (QED) is 0.147. The number of oxime groups is 1. The SMILES string of the molecule is COC(C)(C)CCO/N=C/c1cc(C(=O)NOCCO)c(Nc2ccc(I)cc2F)c(F)c1F. The van der Waals surface area contributed by atoms with E-state index in [1.807, 2.05) is 41.9 Å². The Kier molecular flexibility index (Phi) is 10.5. The molecule has 0 atom stereocenters. The lowest BCUT2D eigenvalue weighted by Gasteiger charge is -2.21. The molecule has 0 unspecified atom stereocenters. The number of benzene rings is 2. The number of methoxy groups -OCH3 is 1. The first kappa shape index (κ1) is 27.8. The van der Waals surface area contributed by atoms with E-state index < -0.39 is 40.2 Å². The van der Waals surface area contributed by atoms with Gasteiger partial charge in [-0.05, 0) is 60.7 Å². The van der Waals surface area contributed by atoms with Crippen LogP contribution in [-0.2, 0) is 14.4 Å². The van der Waals surface area contributed by atoms with E-state index in [1.165, 1.54) is 12.1 Å². The average molecular weight is 595 g/mol. The van der Waals surface area contributed by atoms with E-state index in [0.29, 0.717) is 9.99 Å². The van der Waals surface area contributed by atoms with Crippen LogP contribution in [0.5, 0.6) is 0 Å². The van der Waals surface area contributed by atoms with Crippen LogP contribution in [0.1, 0.15) is 36.2 Å². The van der Waals surface area contributed by atoms with Gasteiger partial charge in [0.15, 0.2) is 11.6 Å². The summed E-state index contributed by atoms with van der Waals surface area (Å²) in [6.07, 6.45) is 1.40. The maximum Gasteiger partial charge on any atom is 0.277 e. The van der Waals surface area contributed by atoms with Crippen molar-refractivity contribution < 1.29 is 37.5 Å². The summed E-state index contributed by atoms with van der Waals surface area (Å²) in [5, 5.41) is 14.9. The fourth-order valence-corrected chi connectivity index (χ4v) is 2.98. The van der Waals surface area contributed by atoms with Gasteiger partial charge in [-0.3, -0.25) is 9.63 Å². The summed E-state index contributed by atoms with van der Waals surface area (Å²) in [5.74, 6) is -4.45. The van der Waals surface area contributed by atoms with E-state index >= 15 is 4.39 Å². The summed E-state index contributed by atoms with van der Waals surface area (Å²) in [6.45, 7) is 3.23. The van der Waals surface area contributed by atoms with E-state index in [1.54, 1.807) is 13.2 Å². The molecule has 186 valence electrons. The number of nitrogens with one attached hydrogen (secondary N) is 2. The Morgan fingerprint density at radius 2 is 1.94 bits per heavy atom. The lowest BCUT2D eigenvalue weighted by molar-refractivity contribution is -0.00888. The molecule has 0 aliphatic carbocycles. The Bertz CT molecular complexity index is 1040. The summed E-state index contributed by atoms with van der Waals surface area (Å²) in [4.78, 5) is 22.4. The van der Waals surface area contributed by atoms with E-state index in [9.17, 15) is 13.6 Å². The van der Waals surface area contributed by atoms with Crippen LogP contribution in [0.15, 0.2) is 29.4 Å². The van der Waals surface area contributed by atoms with E-state index in [2.05, 4.69) is 10.5 Å². The van der Waals surface area contributed by atoms with Crippen molar-refractivity contribution >= 4 is 46.1 Å². The second-order valence-corrected chi connectivity index (χ2v) is 8.80. The van der Waals surface area contributed by atoms with Gasteiger partial charge in [-0.25, -0.2) is 18.7 Å². The van der Waals surface area contributed by atoms with Gasteiger partial charge in [-0.2, -0.15) is 0 Å². The van der Waals surface area contributed by atoms with Gasteiger partial charge >= 0.3 is 0 Å². The second-order valence-electron chi connectivity index (χ2n) is 7.55. The molecule has 0 fully saturated rings. The van der Waals surface area contributed by atoms with Gasteiger partial charge in [0.05, 0.1) is 42.0 Å². The highest BCUT2D eigenvalue weighted by Crippen LogP contribution is 2.30. The third-order valence-electron chi connectivity index (χ3n) is 4.64. The van der Waals surface area contributed by atoms with Crippen LogP contribution in [0.4, 0.5) is 24.5 Å². The van der Waals surface area contributed by atoms with Gasteiger partial charge in [0.2, 0.25) is 0 Å². The third kappa shape index (κ3) is 7.82. The van der Waals surface area contributed by atoms with E-state index in [-0.39, 0.29) is 31.1 Å². The fourth-order valence-electron chi connectivity index (χ4n) is 2.52. The number of hydrogen-bond donors (Lipinski definition) is 3. The summed E-state index contributed by atoms with van der Waals surface area (Å²) in [5.41, 5.74) is -0.000143. The molecule has 0 spiro atoms. The number of anilines is 2. The summed E-state index contributed by atoms with van der Waals surface area (Å²) >= 11 is 1.89. The minimum absolute atomic E-state index is 0.148. The molecular weight excluding hydrogens is 570 g/mol. The zero-order valence-corrected chi connectivity index (χ0v) is 20.9. The number of aliphatic hydroxyl groups excluding tert-OH is 1. The zero-order chi connectivity index (χ0) is 25.3. The van der Waals surface area contributed by atoms with Crippen LogP contribution in [0, 0.1) is 21.0 Å². The van der Waals surface area contributed by atoms with E-state index in [0.717, 1.165) is 12.3 Å². The molecule has 8 nitrogen and oxygen atoms in total. The monoisotopic (exact) mass is 595 g/mol. The Labute approximate surface area is 208 Å². The van der Waals surface area contributed by atoms with Crippen molar-refractivity contribution in [1.29, 1.82) is 0 Å². The van der Waals surface area contributed by atoms with Gasteiger partial charge in [-0.1, -0.05) is 5.16 Å². The Morgan fingerprint density at radius 1 is 1.21 bits per heavy atom. The van der Waals surface area contributed by atoms with Crippen molar-refractivity contribution in [3.63, 3.8) is 0 Å². The lowest BCUT2D eigenvalue weighted by atomic mass is 10.1. The number of nitrogens with zero attached hydrogens (tertiary/aromatic N) is 1. The number of halogens is 4. The summed E-state index contributed by atoms with van der Waals surface area (Å²) < 4.78 is 49.9. The molecule has 0 bridgehead atoms. The molecule has 3 N–H and O–H groups in total. The summed E-state index contributed by atoms with van der Waals surface area (Å²) in [7, 11) is 1.55. The largest absolute Gasteiger partial charge is 0.396 e. The first-order valence-electron chi connectivity index (χ1n) is 10.1. The van der Waals surface area contributed by atoms with Crippen LogP contribution in [0.2, 0.25) is 0 Å². The number of hydroxylamine groups is 1. The number of amides is 1. The molecule has 2 aromatic rings. The van der Waals surface area contributed by atoms with Gasteiger partial charge in [0, 0.05) is 22.7 Å². The molecular formula is C22H25F3IN3O5. The predicted octanol–water partition coefficient (Wildman–Crippen LogP) is 4.27. The topological polar surface area (TPSA) is 101 Å². The Morgan fingerprint density at radius 3 is 2.59 bits per heavy atom. The minimum Gasteiger partial charge on any atom is -0.396 e. The standard InChI is InChI=1S/C22H25F3IN3O5/c1-22(2,32-3)6-8-33-27-12-13-10-15(21(31)29-34-9-7-30)20(19(25)18(13)24)28-17-5-4-14(26)11-16(17)23/h4-5,10-12,28,30H,6-9H2,1-3H3,(H,29,31)/b27-12+. The van der Waals surface area contributed by atoms with Crippen molar-refractivity contribution in [3.8, 4) is 0 Å². The number of rotatable bonds is 12. The van der Waals surface area contributed by atoms with Gasteiger partial charge in [-0.15, -0.1) is 0 Å². The number of aliphatic hydroxyl groups is 1. The Balaban J connectivity index is 2.36. The van der Waals surface area contributed by atoms with Crippen molar-refractivity contribution in [2.24, 2.45) is 5.16 Å². The van der Waals surface area contributed by atoms with Crippen molar-refractivity contribution in [2.45, 2.75) is 25.9 Å². The first-order chi connectivity index (χ1) is 16.1. The van der Waals surface area contributed by atoms with Gasteiger partial charge in [0.25, 0.3) is 5.91 Å². The normalized spacial score (nSPS) is 11.6. The van der Waals surface area contributed by atoms with Crippen molar-refractivity contribution in [1.82, 2.24) is 5.48 Å². The smallest absolute Gasteiger partial charge is 0.277 e. The number of carbonyl (C=O) groups is 1. The molecule has 0 aromatic heterocycles. The molecule has 0 aliphatic rings. The van der Waals surface area contributed by atoms with Gasteiger partial charge in [0.1, 0.15) is 12.4 Å². The number of carbonyl (C=O) groups excluding carboxylic acids is 1. The van der Waals surface area contributed by atoms with Crippen LogP contribution < -0.4 is 10.8 Å². The maximum absolute atomic E-state index is 15.0. The van der Waals surface area contributed by atoms with Crippen LogP contribution >= 0.6 is 22.6 Å².